The first-order valence-corrected chi connectivity index (χ1v) is 3.87. The van der Waals surface area contributed by atoms with Crippen LogP contribution >= 0.6 is 0 Å². The van der Waals surface area contributed by atoms with Crippen LogP contribution in [-0.2, 0) is 5.41 Å². The summed E-state index contributed by atoms with van der Waals surface area (Å²) >= 11 is 0. The Morgan fingerprint density at radius 2 is 1.58 bits per heavy atom. The first-order valence-electron chi connectivity index (χ1n) is 3.87. The van der Waals surface area contributed by atoms with E-state index in [1.54, 1.807) is 0 Å². The van der Waals surface area contributed by atoms with Gasteiger partial charge in [0.25, 0.3) is 0 Å². The van der Waals surface area contributed by atoms with Crippen LogP contribution in [0.5, 0.6) is 0 Å². The second-order valence-electron chi connectivity index (χ2n) is 3.84. The fourth-order valence-corrected chi connectivity index (χ4v) is 1.18. The molecule has 0 amide bonds. The van der Waals surface area contributed by atoms with Gasteiger partial charge in [-0.2, -0.15) is 0 Å². The summed E-state index contributed by atoms with van der Waals surface area (Å²) in [5.74, 6) is 0. The number of benzene rings is 1. The SMILES string of the molecule is CC(C)(C)c1ccccc1N.O. The minimum absolute atomic E-state index is 0. The summed E-state index contributed by atoms with van der Waals surface area (Å²) in [6.45, 7) is 6.50. The van der Waals surface area contributed by atoms with Crippen molar-refractivity contribution in [3.05, 3.63) is 29.8 Å². The molecule has 0 heterocycles. The Bertz CT molecular complexity index is 250. The second-order valence-corrected chi connectivity index (χ2v) is 3.84. The van der Waals surface area contributed by atoms with Crippen molar-refractivity contribution in [3.8, 4) is 0 Å². The monoisotopic (exact) mass is 167 g/mol. The maximum absolute atomic E-state index is 5.81. The van der Waals surface area contributed by atoms with E-state index in [1.165, 1.54) is 5.56 Å². The Balaban J connectivity index is 0.00000121. The van der Waals surface area contributed by atoms with Crippen molar-refractivity contribution in [2.24, 2.45) is 0 Å². The van der Waals surface area contributed by atoms with Crippen molar-refractivity contribution < 1.29 is 5.48 Å². The Morgan fingerprint density at radius 3 is 1.92 bits per heavy atom. The Labute approximate surface area is 73.7 Å². The lowest BCUT2D eigenvalue weighted by molar-refractivity contribution is 0.592. The van der Waals surface area contributed by atoms with Crippen LogP contribution in [0.25, 0.3) is 0 Å². The Morgan fingerprint density at radius 1 is 1.08 bits per heavy atom. The fraction of sp³-hybridized carbons (Fsp3) is 0.400. The van der Waals surface area contributed by atoms with Gasteiger partial charge in [0, 0.05) is 5.69 Å². The predicted molar refractivity (Wildman–Crippen MR) is 53.2 cm³/mol. The van der Waals surface area contributed by atoms with Gasteiger partial charge < -0.3 is 11.2 Å². The molecule has 0 aliphatic rings. The van der Waals surface area contributed by atoms with Crippen molar-refractivity contribution in [2.45, 2.75) is 26.2 Å². The van der Waals surface area contributed by atoms with E-state index in [0.29, 0.717) is 0 Å². The molecule has 0 spiro atoms. The lowest BCUT2D eigenvalue weighted by Gasteiger charge is -2.20. The van der Waals surface area contributed by atoms with E-state index in [-0.39, 0.29) is 10.9 Å². The maximum Gasteiger partial charge on any atom is 0.0351 e. The van der Waals surface area contributed by atoms with E-state index < -0.39 is 0 Å². The second kappa shape index (κ2) is 3.59. The van der Waals surface area contributed by atoms with E-state index in [9.17, 15) is 0 Å². The number of nitrogen functional groups attached to an aromatic ring is 1. The Kier molecular flexibility index (Phi) is 3.28. The summed E-state index contributed by atoms with van der Waals surface area (Å²) in [6, 6.07) is 8.01. The molecule has 0 aliphatic heterocycles. The fourth-order valence-electron chi connectivity index (χ4n) is 1.18. The quantitative estimate of drug-likeness (QED) is 0.588. The van der Waals surface area contributed by atoms with Gasteiger partial charge in [0.05, 0.1) is 0 Å². The molecule has 2 nitrogen and oxygen atoms in total. The largest absolute Gasteiger partial charge is 0.412 e. The molecular weight excluding hydrogens is 150 g/mol. The molecule has 1 aromatic rings. The summed E-state index contributed by atoms with van der Waals surface area (Å²) in [6.07, 6.45) is 0. The van der Waals surface area contributed by atoms with Gasteiger partial charge in [0.15, 0.2) is 0 Å². The third-order valence-electron chi connectivity index (χ3n) is 1.77. The van der Waals surface area contributed by atoms with Crippen LogP contribution in [0.3, 0.4) is 0 Å². The minimum Gasteiger partial charge on any atom is -0.412 e. The van der Waals surface area contributed by atoms with E-state index in [0.717, 1.165) is 5.69 Å². The van der Waals surface area contributed by atoms with Crippen LogP contribution in [0.1, 0.15) is 26.3 Å². The van der Waals surface area contributed by atoms with Gasteiger partial charge in [-0.1, -0.05) is 39.0 Å². The normalized spacial score (nSPS) is 10.6. The maximum atomic E-state index is 5.81. The van der Waals surface area contributed by atoms with Crippen molar-refractivity contribution in [3.63, 3.8) is 0 Å². The molecule has 68 valence electrons. The average Bonchev–Trinajstić information content (AvgIpc) is 1.86. The molecule has 4 N–H and O–H groups in total. The van der Waals surface area contributed by atoms with Gasteiger partial charge in [0.2, 0.25) is 0 Å². The van der Waals surface area contributed by atoms with Gasteiger partial charge in [-0.3, -0.25) is 0 Å². The highest BCUT2D eigenvalue weighted by molar-refractivity contribution is 5.49. The number of rotatable bonds is 0. The van der Waals surface area contributed by atoms with Crippen molar-refractivity contribution >= 4 is 5.69 Å². The van der Waals surface area contributed by atoms with Crippen LogP contribution in [0.4, 0.5) is 5.69 Å². The number of para-hydroxylation sites is 1. The summed E-state index contributed by atoms with van der Waals surface area (Å²) in [5, 5.41) is 0. The Hall–Kier alpha value is -1.02. The predicted octanol–water partition coefficient (Wildman–Crippen LogP) is 1.74. The third kappa shape index (κ3) is 2.24. The summed E-state index contributed by atoms with van der Waals surface area (Å²) in [4.78, 5) is 0. The van der Waals surface area contributed by atoms with Crippen molar-refractivity contribution in [1.82, 2.24) is 0 Å². The van der Waals surface area contributed by atoms with Crippen LogP contribution in [0.15, 0.2) is 24.3 Å². The molecular formula is C10H17NO. The van der Waals surface area contributed by atoms with Gasteiger partial charge >= 0.3 is 0 Å². The van der Waals surface area contributed by atoms with Crippen LogP contribution in [0, 0.1) is 0 Å². The van der Waals surface area contributed by atoms with Gasteiger partial charge in [-0.05, 0) is 17.0 Å². The number of nitrogens with two attached hydrogens (primary N) is 1. The molecule has 1 aromatic carbocycles. The molecule has 0 saturated heterocycles. The zero-order chi connectivity index (χ0) is 8.48. The molecule has 12 heavy (non-hydrogen) atoms. The number of hydrogen-bond acceptors (Lipinski definition) is 1. The van der Waals surface area contributed by atoms with E-state index in [2.05, 4.69) is 26.8 Å². The zero-order valence-corrected chi connectivity index (χ0v) is 7.89. The molecule has 0 bridgehead atoms. The van der Waals surface area contributed by atoms with E-state index in [1.807, 2.05) is 18.2 Å². The van der Waals surface area contributed by atoms with Crippen LogP contribution in [-0.4, -0.2) is 5.48 Å². The zero-order valence-electron chi connectivity index (χ0n) is 7.89. The first-order chi connectivity index (χ1) is 5.02. The standard InChI is InChI=1S/C10H15N.H2O/c1-10(2,3)8-6-4-5-7-9(8)11;/h4-7H,11H2,1-3H3;1H2. The molecule has 2 heteroatoms. The average molecular weight is 167 g/mol. The minimum atomic E-state index is 0. The highest BCUT2D eigenvalue weighted by Crippen LogP contribution is 2.26. The topological polar surface area (TPSA) is 57.5 Å². The molecule has 0 saturated carbocycles. The number of hydrogen-bond donors (Lipinski definition) is 1. The molecule has 0 aliphatic carbocycles. The number of anilines is 1. The van der Waals surface area contributed by atoms with E-state index in [4.69, 9.17) is 5.73 Å². The van der Waals surface area contributed by atoms with Gasteiger partial charge in [-0.15, -0.1) is 0 Å². The molecule has 0 radical (unpaired) electrons. The molecule has 0 aromatic heterocycles. The highest BCUT2D eigenvalue weighted by Gasteiger charge is 2.15. The molecule has 0 fully saturated rings. The highest BCUT2D eigenvalue weighted by atomic mass is 16.0. The lowest BCUT2D eigenvalue weighted by atomic mass is 9.86. The van der Waals surface area contributed by atoms with E-state index >= 15 is 0 Å². The van der Waals surface area contributed by atoms with Gasteiger partial charge in [0.1, 0.15) is 0 Å². The molecule has 0 unspecified atom stereocenters. The lowest BCUT2D eigenvalue weighted by Crippen LogP contribution is -2.13. The van der Waals surface area contributed by atoms with Crippen molar-refractivity contribution in [1.29, 1.82) is 0 Å². The summed E-state index contributed by atoms with van der Waals surface area (Å²) in [7, 11) is 0. The summed E-state index contributed by atoms with van der Waals surface area (Å²) < 4.78 is 0. The smallest absolute Gasteiger partial charge is 0.0351 e. The van der Waals surface area contributed by atoms with Gasteiger partial charge in [-0.25, -0.2) is 0 Å². The van der Waals surface area contributed by atoms with Crippen molar-refractivity contribution in [2.75, 3.05) is 5.73 Å². The molecule has 1 rings (SSSR count). The first kappa shape index (κ1) is 11.0. The van der Waals surface area contributed by atoms with Crippen LogP contribution < -0.4 is 5.73 Å². The third-order valence-corrected chi connectivity index (χ3v) is 1.77. The molecule has 0 atom stereocenters. The van der Waals surface area contributed by atoms with Crippen LogP contribution in [0.2, 0.25) is 0 Å². The summed E-state index contributed by atoms with van der Waals surface area (Å²) in [5.41, 5.74) is 8.08.